The fourth-order valence-corrected chi connectivity index (χ4v) is 4.32. The Morgan fingerprint density at radius 3 is 2.70 bits per heavy atom. The van der Waals surface area contributed by atoms with Crippen LogP contribution in [-0.4, -0.2) is 33.8 Å². The fraction of sp³-hybridized carbons (Fsp3) is 0.478. The number of nitrogens with zero attached hydrogens (tertiary/aromatic N) is 2. The third kappa shape index (κ3) is 6.87. The van der Waals surface area contributed by atoms with Crippen LogP contribution in [-0.2, 0) is 22.7 Å². The van der Waals surface area contributed by atoms with E-state index in [4.69, 9.17) is 14.0 Å². The van der Waals surface area contributed by atoms with E-state index in [-0.39, 0.29) is 30.5 Å². The molecule has 2 aromatic rings. The molecule has 2 N–H and O–H groups in total. The SMILES string of the molecule is Cc1ncc(COc2ccccc2O[P+]([O-])=N[C@@H](C)C(=O)OCC2CCCC2)c(CO)c1O. The number of aromatic nitrogens is 1. The number of carbonyl (C=O) groups excluding carboxylic acids is 1. The fourth-order valence-electron chi connectivity index (χ4n) is 3.58. The Morgan fingerprint density at radius 2 is 2.00 bits per heavy atom. The maximum absolute atomic E-state index is 12.4. The number of para-hydroxylation sites is 2. The third-order valence-corrected chi connectivity index (χ3v) is 6.43. The van der Waals surface area contributed by atoms with Gasteiger partial charge in [0.2, 0.25) is 5.75 Å². The van der Waals surface area contributed by atoms with Gasteiger partial charge in [-0.3, -0.25) is 9.51 Å². The quantitative estimate of drug-likeness (QED) is 0.393. The van der Waals surface area contributed by atoms with E-state index in [0.717, 1.165) is 25.7 Å². The number of ether oxygens (including phenoxy) is 2. The maximum Gasteiger partial charge on any atom is 0.395 e. The number of pyridine rings is 1. The number of aromatic hydroxyl groups is 1. The van der Waals surface area contributed by atoms with Crippen molar-refractivity contribution in [2.75, 3.05) is 6.61 Å². The first-order valence-electron chi connectivity index (χ1n) is 10.9. The van der Waals surface area contributed by atoms with Gasteiger partial charge in [-0.2, -0.15) is 0 Å². The smallest absolute Gasteiger partial charge is 0.395 e. The molecular formula is C23H29N2O7P. The molecule has 0 bridgehead atoms. The molecule has 33 heavy (non-hydrogen) atoms. The lowest BCUT2D eigenvalue weighted by Gasteiger charge is -2.13. The lowest BCUT2D eigenvalue weighted by molar-refractivity contribution is -0.169. The van der Waals surface area contributed by atoms with Gasteiger partial charge in [0.25, 0.3) is 0 Å². The third-order valence-electron chi connectivity index (χ3n) is 5.54. The number of aryl methyl sites for hydroxylation is 1. The zero-order valence-corrected chi connectivity index (χ0v) is 19.7. The minimum atomic E-state index is -2.55. The van der Waals surface area contributed by atoms with Crippen LogP contribution < -0.4 is 14.2 Å². The highest BCUT2D eigenvalue weighted by Crippen LogP contribution is 2.34. The van der Waals surface area contributed by atoms with Crippen molar-refractivity contribution in [2.45, 2.75) is 58.8 Å². The van der Waals surface area contributed by atoms with Crippen molar-refractivity contribution in [2.24, 2.45) is 10.7 Å². The summed E-state index contributed by atoms with van der Waals surface area (Å²) in [5, 5.41) is 19.7. The first kappa shape index (κ1) is 24.9. The van der Waals surface area contributed by atoms with Gasteiger partial charge in [0.15, 0.2) is 11.8 Å². The van der Waals surface area contributed by atoms with E-state index in [1.807, 2.05) is 0 Å². The number of hydrogen-bond donors (Lipinski definition) is 2. The summed E-state index contributed by atoms with van der Waals surface area (Å²) >= 11 is 0. The lowest BCUT2D eigenvalue weighted by Crippen LogP contribution is -2.21. The summed E-state index contributed by atoms with van der Waals surface area (Å²) in [6, 6.07) is 5.67. The van der Waals surface area contributed by atoms with Crippen LogP contribution in [0.3, 0.4) is 0 Å². The molecule has 0 spiro atoms. The predicted molar refractivity (Wildman–Crippen MR) is 120 cm³/mol. The minimum absolute atomic E-state index is 0.00503. The number of carbonyl (C=O) groups is 1. The molecule has 10 heteroatoms. The van der Waals surface area contributed by atoms with Gasteiger partial charge in [0.05, 0.1) is 18.9 Å². The monoisotopic (exact) mass is 476 g/mol. The lowest BCUT2D eigenvalue weighted by atomic mass is 10.1. The van der Waals surface area contributed by atoms with Crippen molar-refractivity contribution >= 4 is 14.1 Å². The molecule has 0 radical (unpaired) electrons. The largest absolute Gasteiger partial charge is 0.575 e. The summed E-state index contributed by atoms with van der Waals surface area (Å²) in [5.74, 6) is 0.257. The Bertz CT molecular complexity index is 993. The molecule has 1 heterocycles. The molecule has 1 aliphatic carbocycles. The topological polar surface area (TPSA) is 134 Å². The van der Waals surface area contributed by atoms with Gasteiger partial charge >= 0.3 is 14.1 Å². The first-order chi connectivity index (χ1) is 15.9. The van der Waals surface area contributed by atoms with E-state index in [0.29, 0.717) is 29.3 Å². The van der Waals surface area contributed by atoms with Crippen LogP contribution in [0.1, 0.15) is 49.4 Å². The normalized spacial score (nSPS) is 15.3. The number of aliphatic hydroxyl groups excluding tert-OH is 1. The Labute approximate surface area is 194 Å². The molecule has 0 aliphatic heterocycles. The summed E-state index contributed by atoms with van der Waals surface area (Å²) < 4.78 is 20.4. The van der Waals surface area contributed by atoms with Gasteiger partial charge in [-0.05, 0) is 44.7 Å². The second kappa shape index (κ2) is 11.9. The van der Waals surface area contributed by atoms with Crippen LogP contribution in [0.15, 0.2) is 35.2 Å². The van der Waals surface area contributed by atoms with E-state index >= 15 is 0 Å². The second-order valence-electron chi connectivity index (χ2n) is 7.99. The highest BCUT2D eigenvalue weighted by Gasteiger charge is 2.23. The Balaban J connectivity index is 1.61. The van der Waals surface area contributed by atoms with E-state index in [2.05, 4.69) is 9.73 Å². The van der Waals surface area contributed by atoms with Crippen molar-refractivity contribution in [3.05, 3.63) is 47.3 Å². The zero-order chi connectivity index (χ0) is 23.8. The average molecular weight is 476 g/mol. The van der Waals surface area contributed by atoms with Crippen molar-refractivity contribution in [3.8, 4) is 17.2 Å². The average Bonchev–Trinajstić information content (AvgIpc) is 3.32. The van der Waals surface area contributed by atoms with E-state index in [1.54, 1.807) is 31.2 Å². The number of benzene rings is 1. The van der Waals surface area contributed by atoms with Crippen LogP contribution in [0, 0.1) is 12.8 Å². The summed E-state index contributed by atoms with van der Waals surface area (Å²) in [7, 11) is -2.55. The maximum atomic E-state index is 12.4. The molecule has 2 atom stereocenters. The molecular weight excluding hydrogens is 447 g/mol. The first-order valence-corrected chi connectivity index (χ1v) is 12.0. The molecule has 0 amide bonds. The second-order valence-corrected chi connectivity index (χ2v) is 8.88. The molecule has 3 rings (SSSR count). The van der Waals surface area contributed by atoms with E-state index in [9.17, 15) is 19.9 Å². The summed E-state index contributed by atoms with van der Waals surface area (Å²) in [6.07, 6.45) is 5.95. The standard InChI is InChI=1S/C23H29N2O7P/c1-15-22(27)19(12-26)18(11-24-15)14-30-20-9-5-6-10-21(20)32-33(29)25-16(2)23(28)31-13-17-7-3-4-8-17/h5-6,9-11,16-17,26-27H,3-4,7-8,12-14H2,1-2H3/t16-/m0/s1. The summed E-state index contributed by atoms with van der Waals surface area (Å²) in [5.41, 5.74) is 1.23. The van der Waals surface area contributed by atoms with Gasteiger partial charge in [-0.25, -0.2) is 4.79 Å². The van der Waals surface area contributed by atoms with Gasteiger partial charge in [0.1, 0.15) is 12.4 Å². The number of aliphatic hydroxyl groups is 1. The van der Waals surface area contributed by atoms with Gasteiger partial charge in [-0.1, -0.05) is 29.7 Å². The molecule has 1 fully saturated rings. The van der Waals surface area contributed by atoms with Crippen LogP contribution in [0.25, 0.3) is 0 Å². The van der Waals surface area contributed by atoms with Gasteiger partial charge in [0, 0.05) is 17.3 Å². The van der Waals surface area contributed by atoms with Crippen LogP contribution in [0.4, 0.5) is 0 Å². The number of esters is 1. The summed E-state index contributed by atoms with van der Waals surface area (Å²) in [4.78, 5) is 28.7. The van der Waals surface area contributed by atoms with Gasteiger partial charge in [-0.15, -0.1) is 0 Å². The van der Waals surface area contributed by atoms with E-state index < -0.39 is 20.2 Å². The zero-order valence-electron chi connectivity index (χ0n) is 18.8. The molecule has 1 aliphatic rings. The molecule has 9 nitrogen and oxygen atoms in total. The Morgan fingerprint density at radius 1 is 1.30 bits per heavy atom. The van der Waals surface area contributed by atoms with Crippen molar-refractivity contribution in [1.29, 1.82) is 0 Å². The summed E-state index contributed by atoms with van der Waals surface area (Å²) in [6.45, 7) is 3.14. The van der Waals surface area contributed by atoms with Gasteiger partial charge < -0.3 is 24.6 Å². The van der Waals surface area contributed by atoms with Crippen molar-refractivity contribution in [3.63, 3.8) is 0 Å². The molecule has 1 saturated carbocycles. The Kier molecular flexibility index (Phi) is 9.00. The molecule has 178 valence electrons. The van der Waals surface area contributed by atoms with Crippen molar-refractivity contribution < 1.29 is 33.9 Å². The minimum Gasteiger partial charge on any atom is -0.575 e. The number of rotatable bonds is 10. The molecule has 0 saturated heterocycles. The van der Waals surface area contributed by atoms with Crippen molar-refractivity contribution in [1.82, 2.24) is 4.98 Å². The van der Waals surface area contributed by atoms with Crippen LogP contribution in [0.2, 0.25) is 0 Å². The molecule has 1 aromatic heterocycles. The van der Waals surface area contributed by atoms with Crippen LogP contribution >= 0.6 is 8.17 Å². The highest BCUT2D eigenvalue weighted by molar-refractivity contribution is 7.34. The Hall–Kier alpha value is -2.74. The molecule has 1 unspecified atom stereocenters. The number of hydrogen-bond acceptors (Lipinski definition) is 9. The molecule has 1 aromatic carbocycles. The van der Waals surface area contributed by atoms with E-state index in [1.165, 1.54) is 13.1 Å². The highest BCUT2D eigenvalue weighted by atomic mass is 31.1. The predicted octanol–water partition coefficient (Wildman–Crippen LogP) is 3.52. The van der Waals surface area contributed by atoms with Crippen LogP contribution in [0.5, 0.6) is 17.2 Å².